The van der Waals surface area contributed by atoms with E-state index in [0.29, 0.717) is 12.3 Å². The molecule has 1 aliphatic heterocycles. The lowest BCUT2D eigenvalue weighted by molar-refractivity contribution is -0.268. The smallest absolute Gasteiger partial charge is 0.325 e. The summed E-state index contributed by atoms with van der Waals surface area (Å²) in [4.78, 5) is 23.6. The summed E-state index contributed by atoms with van der Waals surface area (Å²) in [5.41, 5.74) is 5.73. The Kier molecular flexibility index (Phi) is 11.8. The molecule has 1 saturated heterocycles. The SMILES string of the molecule is CCOC(=O)CNC(=O)NCc1cccc(-c2ccc(C3OC(CSc4nnc(C)s4)C(C)C(c4ccc(CO)cc4)O3)cc2)c1. The number of rotatable bonds is 12. The highest BCUT2D eigenvalue weighted by Crippen LogP contribution is 2.43. The number of urea groups is 1. The quantitative estimate of drug-likeness (QED) is 0.124. The maximum absolute atomic E-state index is 12.1. The van der Waals surface area contributed by atoms with Crippen LogP contribution in [0.3, 0.4) is 0 Å². The fourth-order valence-corrected chi connectivity index (χ4v) is 7.11. The Morgan fingerprint density at radius 3 is 2.41 bits per heavy atom. The normalized spacial score (nSPS) is 19.4. The van der Waals surface area contributed by atoms with Gasteiger partial charge in [0.2, 0.25) is 0 Å². The lowest BCUT2D eigenvalue weighted by Gasteiger charge is -2.41. The summed E-state index contributed by atoms with van der Waals surface area (Å²) >= 11 is 3.22. The summed E-state index contributed by atoms with van der Waals surface area (Å²) in [5.74, 6) is 0.299. The number of hydrogen-bond donors (Lipinski definition) is 3. The number of thioether (sulfide) groups is 1. The number of aryl methyl sites for hydroxylation is 1. The molecule has 0 bridgehead atoms. The summed E-state index contributed by atoms with van der Waals surface area (Å²) < 4.78 is 18.9. The van der Waals surface area contributed by atoms with Crippen molar-refractivity contribution in [2.24, 2.45) is 5.92 Å². The minimum atomic E-state index is -0.571. The Morgan fingerprint density at radius 2 is 1.72 bits per heavy atom. The molecule has 4 atom stereocenters. The second-order valence-corrected chi connectivity index (χ2v) is 13.3. The Morgan fingerprint density at radius 1 is 0.957 bits per heavy atom. The van der Waals surface area contributed by atoms with Crippen LogP contribution in [-0.4, -0.2) is 52.3 Å². The number of hydrogen-bond acceptors (Lipinski definition) is 10. The largest absolute Gasteiger partial charge is 0.465 e. The molecule has 46 heavy (non-hydrogen) atoms. The molecule has 1 aliphatic rings. The summed E-state index contributed by atoms with van der Waals surface area (Å²) in [6.45, 7) is 6.19. The van der Waals surface area contributed by atoms with Crippen LogP contribution in [0.1, 0.15) is 53.5 Å². The van der Waals surface area contributed by atoms with Crippen molar-refractivity contribution in [2.75, 3.05) is 18.9 Å². The lowest BCUT2D eigenvalue weighted by Crippen LogP contribution is -2.38. The standard InChI is InChI=1S/C34H38N4O6S2/c1-4-42-30(40)18-36-33(41)35-17-24-6-5-7-28(16-24)25-12-14-27(15-13-25)32-43-29(20-45-34-38-37-22(3)46-34)21(2)31(44-32)26-10-8-23(19-39)9-11-26/h5-16,21,29,31-32,39H,4,17-20H2,1-3H3,(H2,35,36,41). The number of aliphatic hydroxyl groups is 1. The van der Waals surface area contributed by atoms with E-state index >= 15 is 0 Å². The van der Waals surface area contributed by atoms with E-state index in [1.165, 1.54) is 0 Å². The maximum atomic E-state index is 12.1. The molecule has 10 nitrogen and oxygen atoms in total. The van der Waals surface area contributed by atoms with E-state index in [2.05, 4.69) is 27.8 Å². The van der Waals surface area contributed by atoms with E-state index in [-0.39, 0.29) is 37.9 Å². The van der Waals surface area contributed by atoms with E-state index in [4.69, 9.17) is 14.2 Å². The Bertz CT molecular complexity index is 1600. The number of nitrogens with one attached hydrogen (secondary N) is 2. The number of amides is 2. The molecule has 4 aromatic rings. The van der Waals surface area contributed by atoms with Gasteiger partial charge < -0.3 is 30.0 Å². The van der Waals surface area contributed by atoms with Gasteiger partial charge in [-0.2, -0.15) is 0 Å². The molecule has 2 amide bonds. The fraction of sp³-hybridized carbons (Fsp3) is 0.353. The maximum Gasteiger partial charge on any atom is 0.325 e. The van der Waals surface area contributed by atoms with Crippen LogP contribution in [0.2, 0.25) is 0 Å². The lowest BCUT2D eigenvalue weighted by atomic mass is 9.91. The van der Waals surface area contributed by atoms with E-state index in [9.17, 15) is 14.7 Å². The number of ether oxygens (including phenoxy) is 3. The van der Waals surface area contributed by atoms with Gasteiger partial charge >= 0.3 is 12.0 Å². The highest BCUT2D eigenvalue weighted by Gasteiger charge is 2.38. The third-order valence-electron chi connectivity index (χ3n) is 7.60. The monoisotopic (exact) mass is 662 g/mol. The van der Waals surface area contributed by atoms with Crippen LogP contribution >= 0.6 is 23.1 Å². The second-order valence-electron chi connectivity index (χ2n) is 10.9. The van der Waals surface area contributed by atoms with Crippen molar-refractivity contribution in [1.82, 2.24) is 20.8 Å². The van der Waals surface area contributed by atoms with Crippen LogP contribution in [0.4, 0.5) is 4.79 Å². The first-order chi connectivity index (χ1) is 22.3. The van der Waals surface area contributed by atoms with Gasteiger partial charge in [0.1, 0.15) is 11.6 Å². The predicted octanol–water partition coefficient (Wildman–Crippen LogP) is 5.95. The van der Waals surface area contributed by atoms with Crippen LogP contribution in [0.15, 0.2) is 77.1 Å². The zero-order valence-electron chi connectivity index (χ0n) is 26.0. The topological polar surface area (TPSA) is 132 Å². The molecule has 0 radical (unpaired) electrons. The third kappa shape index (κ3) is 8.92. The Hall–Kier alpha value is -3.81. The molecule has 3 N–H and O–H groups in total. The van der Waals surface area contributed by atoms with Crippen molar-refractivity contribution >= 4 is 35.1 Å². The molecule has 0 spiro atoms. The van der Waals surface area contributed by atoms with E-state index in [1.54, 1.807) is 30.0 Å². The van der Waals surface area contributed by atoms with Crippen molar-refractivity contribution in [1.29, 1.82) is 0 Å². The molecule has 12 heteroatoms. The third-order valence-corrected chi connectivity index (χ3v) is 9.66. The van der Waals surface area contributed by atoms with Gasteiger partial charge in [-0.3, -0.25) is 4.79 Å². The molecule has 4 unspecified atom stereocenters. The van der Waals surface area contributed by atoms with Crippen molar-refractivity contribution in [3.05, 3.63) is 100 Å². The Balaban J connectivity index is 1.27. The van der Waals surface area contributed by atoms with Gasteiger partial charge in [0, 0.05) is 23.8 Å². The molecular formula is C34H38N4O6S2. The number of carbonyl (C=O) groups is 2. The first kappa shape index (κ1) is 33.6. The summed E-state index contributed by atoms with van der Waals surface area (Å²) in [6, 6.07) is 23.5. The highest BCUT2D eigenvalue weighted by molar-refractivity contribution is 8.01. The number of benzene rings is 3. The number of esters is 1. The van der Waals surface area contributed by atoms with Gasteiger partial charge in [-0.25, -0.2) is 4.79 Å². The van der Waals surface area contributed by atoms with E-state index < -0.39 is 18.3 Å². The number of aliphatic hydroxyl groups excluding tert-OH is 1. The molecule has 1 aromatic heterocycles. The van der Waals surface area contributed by atoms with Gasteiger partial charge in [-0.1, -0.05) is 96.8 Å². The predicted molar refractivity (Wildman–Crippen MR) is 177 cm³/mol. The van der Waals surface area contributed by atoms with Crippen LogP contribution < -0.4 is 10.6 Å². The van der Waals surface area contributed by atoms with Crippen molar-refractivity contribution in [3.8, 4) is 11.1 Å². The summed E-state index contributed by atoms with van der Waals surface area (Å²) in [5, 5.41) is 24.1. The van der Waals surface area contributed by atoms with Gasteiger partial charge in [0.25, 0.3) is 0 Å². The van der Waals surface area contributed by atoms with E-state index in [0.717, 1.165) is 42.7 Å². The zero-order chi connectivity index (χ0) is 32.5. The zero-order valence-corrected chi connectivity index (χ0v) is 27.6. The minimum absolute atomic E-state index is 0.00809. The van der Waals surface area contributed by atoms with Crippen molar-refractivity contribution in [3.63, 3.8) is 0 Å². The van der Waals surface area contributed by atoms with Crippen LogP contribution in [0.25, 0.3) is 11.1 Å². The number of aromatic nitrogens is 2. The van der Waals surface area contributed by atoms with Crippen LogP contribution in [0.5, 0.6) is 0 Å². The number of nitrogens with zero attached hydrogens (tertiary/aromatic N) is 2. The summed E-state index contributed by atoms with van der Waals surface area (Å²) in [7, 11) is 0. The van der Waals surface area contributed by atoms with Gasteiger partial charge in [-0.05, 0) is 47.7 Å². The molecular weight excluding hydrogens is 625 g/mol. The molecule has 0 aliphatic carbocycles. The van der Waals surface area contributed by atoms with Crippen molar-refractivity contribution < 1.29 is 28.9 Å². The Labute approximate surface area is 276 Å². The first-order valence-electron chi connectivity index (χ1n) is 15.1. The van der Waals surface area contributed by atoms with Crippen LogP contribution in [-0.2, 0) is 32.2 Å². The molecule has 1 fully saturated rings. The van der Waals surface area contributed by atoms with Gasteiger partial charge in [-0.15, -0.1) is 10.2 Å². The average molecular weight is 663 g/mol. The van der Waals surface area contributed by atoms with Gasteiger partial charge in [0.05, 0.1) is 25.4 Å². The fourth-order valence-electron chi connectivity index (χ4n) is 5.10. The molecule has 5 rings (SSSR count). The highest BCUT2D eigenvalue weighted by atomic mass is 32.2. The molecule has 2 heterocycles. The summed E-state index contributed by atoms with van der Waals surface area (Å²) in [6.07, 6.45) is -0.876. The van der Waals surface area contributed by atoms with Crippen molar-refractivity contribution in [2.45, 2.75) is 56.8 Å². The first-order valence-corrected chi connectivity index (χ1v) is 16.9. The van der Waals surface area contributed by atoms with Gasteiger partial charge in [0.15, 0.2) is 10.6 Å². The second kappa shape index (κ2) is 16.1. The molecule has 242 valence electrons. The average Bonchev–Trinajstić information content (AvgIpc) is 3.51. The van der Waals surface area contributed by atoms with E-state index in [1.807, 2.05) is 79.7 Å². The number of carbonyl (C=O) groups excluding carboxylic acids is 2. The molecule has 3 aromatic carbocycles. The molecule has 0 saturated carbocycles. The minimum Gasteiger partial charge on any atom is -0.465 e. The van der Waals surface area contributed by atoms with Crippen LogP contribution in [0, 0.1) is 12.8 Å².